The first kappa shape index (κ1) is 18.8. The van der Waals surface area contributed by atoms with E-state index in [2.05, 4.69) is 9.88 Å². The number of carbonyl (C=O) groups is 1. The quantitative estimate of drug-likeness (QED) is 0.699. The van der Waals surface area contributed by atoms with Gasteiger partial charge in [0.05, 0.1) is 5.41 Å². The minimum Gasteiger partial charge on any atom is -0.368 e. The van der Waals surface area contributed by atoms with Crippen LogP contribution >= 0.6 is 11.6 Å². The smallest absolute Gasteiger partial charge is 0.232 e. The summed E-state index contributed by atoms with van der Waals surface area (Å²) in [5.74, 6) is -0.203. The van der Waals surface area contributed by atoms with Crippen LogP contribution in [0, 0.1) is 5.82 Å². The summed E-state index contributed by atoms with van der Waals surface area (Å²) in [5.41, 5.74) is 1.98. The van der Waals surface area contributed by atoms with E-state index in [0.717, 1.165) is 29.7 Å². The van der Waals surface area contributed by atoms with E-state index in [1.165, 1.54) is 12.1 Å². The maximum absolute atomic E-state index is 13.5. The van der Waals surface area contributed by atoms with Gasteiger partial charge in [-0.2, -0.15) is 0 Å². The molecule has 0 spiro atoms. The molecule has 0 aliphatic carbocycles. The Balaban J connectivity index is 1.51. The molecule has 4 nitrogen and oxygen atoms in total. The second-order valence-corrected chi connectivity index (χ2v) is 8.21. The highest BCUT2D eigenvalue weighted by atomic mass is 35.5. The van der Waals surface area contributed by atoms with Crippen LogP contribution in [0.1, 0.15) is 19.4 Å². The van der Waals surface area contributed by atoms with Crippen LogP contribution in [-0.2, 0) is 10.2 Å². The Morgan fingerprint density at radius 2 is 1.86 bits per heavy atom. The van der Waals surface area contributed by atoms with Crippen LogP contribution in [-0.4, -0.2) is 42.0 Å². The van der Waals surface area contributed by atoms with E-state index in [9.17, 15) is 9.18 Å². The van der Waals surface area contributed by atoms with Gasteiger partial charge in [-0.25, -0.2) is 4.39 Å². The van der Waals surface area contributed by atoms with Gasteiger partial charge in [0.15, 0.2) is 0 Å². The minimum absolute atomic E-state index is 0.0865. The maximum Gasteiger partial charge on any atom is 0.232 e. The summed E-state index contributed by atoms with van der Waals surface area (Å²) in [6.45, 7) is 6.72. The third-order valence-corrected chi connectivity index (χ3v) is 5.83. The number of piperazine rings is 1. The fraction of sp³-hybridized carbons (Fsp3) is 0.318. The summed E-state index contributed by atoms with van der Waals surface area (Å²) in [7, 11) is 0. The number of carbonyl (C=O) groups excluding carboxylic acids is 1. The molecule has 2 aromatic carbocycles. The number of nitrogens with zero attached hydrogens (tertiary/aromatic N) is 2. The van der Waals surface area contributed by atoms with Gasteiger partial charge in [0.2, 0.25) is 5.91 Å². The van der Waals surface area contributed by atoms with Gasteiger partial charge in [-0.3, -0.25) is 4.79 Å². The molecule has 2 heterocycles. The molecule has 1 N–H and O–H groups in total. The summed E-state index contributed by atoms with van der Waals surface area (Å²) in [6, 6.07) is 12.4. The fourth-order valence-electron chi connectivity index (χ4n) is 3.97. The Kier molecular flexibility index (Phi) is 4.79. The topological polar surface area (TPSA) is 39.3 Å². The number of H-pyrrole nitrogens is 1. The van der Waals surface area contributed by atoms with Crippen LogP contribution in [0.25, 0.3) is 10.9 Å². The average molecular weight is 400 g/mol. The van der Waals surface area contributed by atoms with E-state index in [4.69, 9.17) is 11.6 Å². The Hall–Kier alpha value is -2.53. The summed E-state index contributed by atoms with van der Waals surface area (Å²) < 4.78 is 13.5. The number of nitrogens with one attached hydrogen (secondary N) is 1. The van der Waals surface area contributed by atoms with Crippen LogP contribution in [0.15, 0.2) is 48.7 Å². The number of aromatic amines is 1. The monoisotopic (exact) mass is 399 g/mol. The third-order valence-electron chi connectivity index (χ3n) is 5.59. The van der Waals surface area contributed by atoms with Crippen LogP contribution in [0.3, 0.4) is 0 Å². The van der Waals surface area contributed by atoms with Gasteiger partial charge in [0.25, 0.3) is 0 Å². The molecule has 1 amide bonds. The fourth-order valence-corrected chi connectivity index (χ4v) is 4.15. The van der Waals surface area contributed by atoms with Gasteiger partial charge in [-0.15, -0.1) is 0 Å². The van der Waals surface area contributed by atoms with Crippen molar-refractivity contribution in [1.82, 2.24) is 9.88 Å². The molecule has 4 rings (SSSR count). The van der Waals surface area contributed by atoms with Gasteiger partial charge in [-0.1, -0.05) is 17.7 Å². The zero-order valence-electron chi connectivity index (χ0n) is 16.0. The number of benzene rings is 2. The van der Waals surface area contributed by atoms with E-state index in [0.29, 0.717) is 23.6 Å². The minimum atomic E-state index is -0.700. The highest BCUT2D eigenvalue weighted by Gasteiger charge is 2.36. The Morgan fingerprint density at radius 3 is 2.57 bits per heavy atom. The van der Waals surface area contributed by atoms with Gasteiger partial charge < -0.3 is 14.8 Å². The van der Waals surface area contributed by atoms with Gasteiger partial charge >= 0.3 is 0 Å². The molecule has 28 heavy (non-hydrogen) atoms. The third kappa shape index (κ3) is 3.35. The summed E-state index contributed by atoms with van der Waals surface area (Å²) >= 11 is 6.10. The van der Waals surface area contributed by atoms with E-state index in [-0.39, 0.29) is 11.7 Å². The predicted octanol–water partition coefficient (Wildman–Crippen LogP) is 4.59. The molecular weight excluding hydrogens is 377 g/mol. The Bertz CT molecular complexity index is 1020. The highest BCUT2D eigenvalue weighted by Crippen LogP contribution is 2.33. The molecule has 0 atom stereocenters. The van der Waals surface area contributed by atoms with Gasteiger partial charge in [-0.05, 0) is 55.8 Å². The van der Waals surface area contributed by atoms with Crippen molar-refractivity contribution in [3.63, 3.8) is 0 Å². The van der Waals surface area contributed by atoms with Gasteiger partial charge in [0.1, 0.15) is 5.82 Å². The van der Waals surface area contributed by atoms with Crippen molar-refractivity contribution in [2.45, 2.75) is 19.3 Å². The number of rotatable bonds is 3. The first-order chi connectivity index (χ1) is 13.4. The lowest BCUT2D eigenvalue weighted by Crippen LogP contribution is -2.53. The SMILES string of the molecule is CC(C)(C(=O)N1CCN(c2cccc(Cl)c2)CC1)c1c[nH]c2cc(F)ccc12. The number of anilines is 1. The lowest BCUT2D eigenvalue weighted by atomic mass is 9.82. The molecular formula is C22H23ClFN3O. The Labute approximate surface area is 168 Å². The van der Waals surface area contributed by atoms with Crippen LogP contribution in [0.2, 0.25) is 5.02 Å². The van der Waals surface area contributed by atoms with Crippen molar-refractivity contribution in [3.8, 4) is 0 Å². The normalized spacial score (nSPS) is 15.3. The largest absolute Gasteiger partial charge is 0.368 e. The number of hydrogen-bond donors (Lipinski definition) is 1. The first-order valence-electron chi connectivity index (χ1n) is 9.43. The van der Waals surface area contributed by atoms with E-state index in [1.54, 1.807) is 6.07 Å². The number of hydrogen-bond acceptors (Lipinski definition) is 2. The Morgan fingerprint density at radius 1 is 1.11 bits per heavy atom. The highest BCUT2D eigenvalue weighted by molar-refractivity contribution is 6.30. The summed E-state index contributed by atoms with van der Waals surface area (Å²) in [5, 5.41) is 1.60. The van der Waals surface area contributed by atoms with Crippen LogP contribution in [0.4, 0.5) is 10.1 Å². The molecule has 1 aliphatic heterocycles. The molecule has 0 bridgehead atoms. The number of halogens is 2. The first-order valence-corrected chi connectivity index (χ1v) is 9.81. The second-order valence-electron chi connectivity index (χ2n) is 7.78. The second kappa shape index (κ2) is 7.13. The molecule has 1 fully saturated rings. The van der Waals surface area contributed by atoms with Crippen molar-refractivity contribution >= 4 is 34.1 Å². The molecule has 0 unspecified atom stereocenters. The zero-order valence-corrected chi connectivity index (χ0v) is 16.8. The van der Waals surface area contributed by atoms with Crippen molar-refractivity contribution in [3.05, 3.63) is 65.1 Å². The molecule has 3 aromatic rings. The van der Waals surface area contributed by atoms with E-state index >= 15 is 0 Å². The maximum atomic E-state index is 13.5. The van der Waals surface area contributed by atoms with E-state index < -0.39 is 5.41 Å². The van der Waals surface area contributed by atoms with E-state index in [1.807, 2.05) is 49.2 Å². The molecule has 1 saturated heterocycles. The molecule has 1 aromatic heterocycles. The lowest BCUT2D eigenvalue weighted by molar-refractivity contribution is -0.136. The van der Waals surface area contributed by atoms with Crippen molar-refractivity contribution in [1.29, 1.82) is 0 Å². The van der Waals surface area contributed by atoms with Crippen molar-refractivity contribution < 1.29 is 9.18 Å². The standard InChI is InChI=1S/C22H23ClFN3O/c1-22(2,19-14-25-20-13-16(24)6-7-18(19)20)21(28)27-10-8-26(9-11-27)17-5-3-4-15(23)12-17/h3-7,12-14,25H,8-11H2,1-2H3. The lowest BCUT2D eigenvalue weighted by Gasteiger charge is -2.39. The molecule has 146 valence electrons. The number of aromatic nitrogens is 1. The molecule has 0 saturated carbocycles. The average Bonchev–Trinajstić information content (AvgIpc) is 3.11. The zero-order chi connectivity index (χ0) is 19.9. The predicted molar refractivity (Wildman–Crippen MR) is 112 cm³/mol. The number of fused-ring (bicyclic) bond motifs is 1. The molecule has 0 radical (unpaired) electrons. The van der Waals surface area contributed by atoms with Crippen LogP contribution < -0.4 is 4.90 Å². The number of amides is 1. The summed E-state index contributed by atoms with van der Waals surface area (Å²) in [4.78, 5) is 20.6. The van der Waals surface area contributed by atoms with Crippen molar-refractivity contribution in [2.75, 3.05) is 31.1 Å². The summed E-state index contributed by atoms with van der Waals surface area (Å²) in [6.07, 6.45) is 1.82. The molecule has 6 heteroatoms. The molecule has 1 aliphatic rings. The van der Waals surface area contributed by atoms with Crippen molar-refractivity contribution in [2.24, 2.45) is 0 Å². The van der Waals surface area contributed by atoms with Crippen LogP contribution in [0.5, 0.6) is 0 Å². The van der Waals surface area contributed by atoms with Gasteiger partial charge in [0, 0.05) is 54.0 Å².